The van der Waals surface area contributed by atoms with Crippen LogP contribution in [0.5, 0.6) is 0 Å². The van der Waals surface area contributed by atoms with Crippen LogP contribution in [0.2, 0.25) is 0 Å². The first-order chi connectivity index (χ1) is 10.3. The van der Waals surface area contributed by atoms with Crippen molar-refractivity contribution in [2.24, 2.45) is 0 Å². The zero-order chi connectivity index (χ0) is 14.7. The summed E-state index contributed by atoms with van der Waals surface area (Å²) < 4.78 is 1.60. The molecule has 0 aliphatic carbocycles. The van der Waals surface area contributed by atoms with Crippen molar-refractivity contribution in [3.05, 3.63) is 48.2 Å². The molecule has 0 saturated carbocycles. The van der Waals surface area contributed by atoms with Crippen molar-refractivity contribution in [1.29, 1.82) is 5.26 Å². The molecule has 0 bridgehead atoms. The van der Waals surface area contributed by atoms with Crippen LogP contribution < -0.4 is 5.73 Å². The first-order valence-corrected chi connectivity index (χ1v) is 6.77. The second-order valence-corrected chi connectivity index (χ2v) is 5.00. The first-order valence-electron chi connectivity index (χ1n) is 5.95. The standard InChI is InChI=1S/C13H9N7S/c14-7-9-6-11(15)12(16-8-9)21-13-17-18-19-20(13)10-4-2-1-3-5-10/h1-6,8H,15H2. The number of nitrogens with two attached hydrogens (primary N) is 1. The molecule has 0 spiro atoms. The van der Waals surface area contributed by atoms with E-state index in [4.69, 9.17) is 11.0 Å². The van der Waals surface area contributed by atoms with E-state index < -0.39 is 0 Å². The van der Waals surface area contributed by atoms with Crippen LogP contribution in [-0.2, 0) is 0 Å². The van der Waals surface area contributed by atoms with Crippen molar-refractivity contribution < 1.29 is 0 Å². The largest absolute Gasteiger partial charge is 0.396 e. The van der Waals surface area contributed by atoms with E-state index in [-0.39, 0.29) is 0 Å². The Balaban J connectivity index is 1.94. The molecule has 0 atom stereocenters. The predicted octanol–water partition coefficient (Wildman–Crippen LogP) is 1.66. The Labute approximate surface area is 124 Å². The average molecular weight is 295 g/mol. The van der Waals surface area contributed by atoms with E-state index >= 15 is 0 Å². The summed E-state index contributed by atoms with van der Waals surface area (Å²) >= 11 is 1.24. The highest BCUT2D eigenvalue weighted by molar-refractivity contribution is 7.99. The van der Waals surface area contributed by atoms with E-state index in [1.54, 1.807) is 10.7 Å². The number of pyridine rings is 1. The molecule has 2 heterocycles. The molecule has 8 heteroatoms. The number of nitrogens with zero attached hydrogens (tertiary/aromatic N) is 6. The molecule has 3 rings (SSSR count). The van der Waals surface area contributed by atoms with Crippen LogP contribution in [0.15, 0.2) is 52.8 Å². The maximum Gasteiger partial charge on any atom is 0.220 e. The van der Waals surface area contributed by atoms with Gasteiger partial charge in [-0.3, -0.25) is 0 Å². The molecule has 0 aliphatic heterocycles. The summed E-state index contributed by atoms with van der Waals surface area (Å²) in [7, 11) is 0. The fourth-order valence-corrected chi connectivity index (χ4v) is 2.44. The molecule has 0 saturated heterocycles. The van der Waals surface area contributed by atoms with Gasteiger partial charge >= 0.3 is 0 Å². The third-order valence-corrected chi connectivity index (χ3v) is 3.61. The molecule has 7 nitrogen and oxygen atoms in total. The summed E-state index contributed by atoms with van der Waals surface area (Å²) in [5.74, 6) is 0. The summed E-state index contributed by atoms with van der Waals surface area (Å²) in [6, 6.07) is 13.1. The lowest BCUT2D eigenvalue weighted by Crippen LogP contribution is -2.00. The Morgan fingerprint density at radius 1 is 1.24 bits per heavy atom. The summed E-state index contributed by atoms with van der Waals surface area (Å²) in [5, 5.41) is 21.5. The SMILES string of the molecule is N#Cc1cnc(Sc2nnnn2-c2ccccc2)c(N)c1. The molecular formula is C13H9N7S. The van der Waals surface area contributed by atoms with E-state index in [9.17, 15) is 0 Å². The van der Waals surface area contributed by atoms with Gasteiger partial charge in [-0.2, -0.15) is 9.94 Å². The molecule has 2 N–H and O–H groups in total. The summed E-state index contributed by atoms with van der Waals surface area (Å²) in [6.07, 6.45) is 1.47. The highest BCUT2D eigenvalue weighted by Gasteiger charge is 2.13. The average Bonchev–Trinajstić information content (AvgIpc) is 2.98. The minimum absolute atomic E-state index is 0.416. The Morgan fingerprint density at radius 3 is 2.76 bits per heavy atom. The van der Waals surface area contributed by atoms with Gasteiger partial charge in [0.05, 0.1) is 16.9 Å². The highest BCUT2D eigenvalue weighted by Crippen LogP contribution is 2.29. The minimum atomic E-state index is 0.416. The Hall–Kier alpha value is -2.92. The van der Waals surface area contributed by atoms with Crippen LogP contribution in [0.3, 0.4) is 0 Å². The van der Waals surface area contributed by atoms with Gasteiger partial charge in [0.2, 0.25) is 5.16 Å². The van der Waals surface area contributed by atoms with Gasteiger partial charge in [0.1, 0.15) is 11.1 Å². The first kappa shape index (κ1) is 13.1. The number of nitrogen functional groups attached to an aromatic ring is 1. The lowest BCUT2D eigenvalue weighted by Gasteiger charge is -2.05. The Morgan fingerprint density at radius 2 is 2.05 bits per heavy atom. The summed E-state index contributed by atoms with van der Waals surface area (Å²) in [6.45, 7) is 0. The second kappa shape index (κ2) is 5.60. The van der Waals surface area contributed by atoms with Crippen molar-refractivity contribution in [2.45, 2.75) is 10.2 Å². The molecule has 102 valence electrons. The van der Waals surface area contributed by atoms with Crippen molar-refractivity contribution in [1.82, 2.24) is 25.2 Å². The molecule has 0 aliphatic rings. The van der Waals surface area contributed by atoms with E-state index in [1.807, 2.05) is 36.4 Å². The highest BCUT2D eigenvalue weighted by atomic mass is 32.2. The molecule has 0 amide bonds. The van der Waals surface area contributed by atoms with Crippen LogP contribution in [0.1, 0.15) is 5.56 Å². The lowest BCUT2D eigenvalue weighted by atomic mass is 10.3. The van der Waals surface area contributed by atoms with E-state index in [0.717, 1.165) is 5.69 Å². The number of aromatic nitrogens is 5. The van der Waals surface area contributed by atoms with E-state index in [2.05, 4.69) is 20.5 Å². The number of hydrogen-bond acceptors (Lipinski definition) is 7. The number of benzene rings is 1. The molecule has 3 aromatic rings. The molecule has 21 heavy (non-hydrogen) atoms. The Bertz CT molecular complexity index is 807. The number of anilines is 1. The zero-order valence-corrected chi connectivity index (χ0v) is 11.5. The van der Waals surface area contributed by atoms with Crippen LogP contribution in [0.4, 0.5) is 5.69 Å². The maximum absolute atomic E-state index is 8.81. The topological polar surface area (TPSA) is 106 Å². The van der Waals surface area contributed by atoms with Gasteiger partial charge in [0, 0.05) is 6.20 Å². The van der Waals surface area contributed by atoms with E-state index in [1.165, 1.54) is 18.0 Å². The van der Waals surface area contributed by atoms with Crippen LogP contribution in [0, 0.1) is 11.3 Å². The van der Waals surface area contributed by atoms with Crippen molar-refractivity contribution in [3.8, 4) is 11.8 Å². The number of nitriles is 1. The molecule has 0 fully saturated rings. The quantitative estimate of drug-likeness (QED) is 0.783. The second-order valence-electron chi connectivity index (χ2n) is 4.04. The normalized spacial score (nSPS) is 10.2. The monoisotopic (exact) mass is 295 g/mol. The molecule has 0 radical (unpaired) electrons. The van der Waals surface area contributed by atoms with Gasteiger partial charge in [-0.15, -0.1) is 5.10 Å². The number of para-hydroxylation sites is 1. The van der Waals surface area contributed by atoms with Gasteiger partial charge in [-0.05, 0) is 40.4 Å². The van der Waals surface area contributed by atoms with E-state index in [0.29, 0.717) is 21.4 Å². The van der Waals surface area contributed by atoms with Crippen molar-refractivity contribution in [3.63, 3.8) is 0 Å². The van der Waals surface area contributed by atoms with Gasteiger partial charge < -0.3 is 5.73 Å². The van der Waals surface area contributed by atoms with Crippen molar-refractivity contribution >= 4 is 17.4 Å². The number of tetrazole rings is 1. The number of hydrogen-bond donors (Lipinski definition) is 1. The van der Waals surface area contributed by atoms with Gasteiger partial charge in [-0.25, -0.2) is 4.98 Å². The molecular weight excluding hydrogens is 286 g/mol. The van der Waals surface area contributed by atoms with Crippen molar-refractivity contribution in [2.75, 3.05) is 5.73 Å². The van der Waals surface area contributed by atoms with Gasteiger partial charge in [-0.1, -0.05) is 18.2 Å². The van der Waals surface area contributed by atoms with Crippen LogP contribution >= 0.6 is 11.8 Å². The maximum atomic E-state index is 8.81. The zero-order valence-electron chi connectivity index (χ0n) is 10.7. The minimum Gasteiger partial charge on any atom is -0.396 e. The fraction of sp³-hybridized carbons (Fsp3) is 0. The van der Waals surface area contributed by atoms with Crippen LogP contribution in [-0.4, -0.2) is 25.2 Å². The predicted molar refractivity (Wildman–Crippen MR) is 76.6 cm³/mol. The molecule has 2 aromatic heterocycles. The lowest BCUT2D eigenvalue weighted by molar-refractivity contribution is 0.756. The van der Waals surface area contributed by atoms with Crippen LogP contribution in [0.25, 0.3) is 5.69 Å². The Kier molecular flexibility index (Phi) is 3.49. The third-order valence-electron chi connectivity index (χ3n) is 2.64. The smallest absolute Gasteiger partial charge is 0.220 e. The van der Waals surface area contributed by atoms with Gasteiger partial charge in [0.15, 0.2) is 0 Å². The third kappa shape index (κ3) is 2.68. The molecule has 0 unspecified atom stereocenters. The molecule has 1 aromatic carbocycles. The fourth-order valence-electron chi connectivity index (χ4n) is 1.68. The summed E-state index contributed by atoms with van der Waals surface area (Å²) in [5.41, 5.74) is 7.57. The van der Waals surface area contributed by atoms with Gasteiger partial charge in [0.25, 0.3) is 0 Å². The summed E-state index contributed by atoms with van der Waals surface area (Å²) in [4.78, 5) is 4.17. The number of rotatable bonds is 3.